The van der Waals surface area contributed by atoms with E-state index >= 15 is 0 Å². The Labute approximate surface area is 84.3 Å². The van der Waals surface area contributed by atoms with Gasteiger partial charge in [-0.05, 0) is 26.1 Å². The molecule has 1 atom stereocenters. The molecular formula is C10H16N2O2. The van der Waals surface area contributed by atoms with Crippen LogP contribution in [0.3, 0.4) is 0 Å². The number of ether oxygens (including phenoxy) is 2. The van der Waals surface area contributed by atoms with Crippen LogP contribution in [0.2, 0.25) is 0 Å². The van der Waals surface area contributed by atoms with Crippen molar-refractivity contribution in [3.05, 3.63) is 18.3 Å². The Morgan fingerprint density at radius 3 is 3.00 bits per heavy atom. The van der Waals surface area contributed by atoms with Crippen LogP contribution in [0.5, 0.6) is 11.6 Å². The highest BCUT2D eigenvalue weighted by Gasteiger charge is 2.08. The Morgan fingerprint density at radius 1 is 1.57 bits per heavy atom. The van der Waals surface area contributed by atoms with Gasteiger partial charge in [0.05, 0.1) is 7.11 Å². The molecular weight excluding hydrogens is 180 g/mol. The Balaban J connectivity index is 2.65. The van der Waals surface area contributed by atoms with E-state index in [0.717, 1.165) is 6.54 Å². The van der Waals surface area contributed by atoms with Gasteiger partial charge in [0.2, 0.25) is 0 Å². The van der Waals surface area contributed by atoms with E-state index in [1.165, 1.54) is 0 Å². The van der Waals surface area contributed by atoms with Gasteiger partial charge in [-0.1, -0.05) is 0 Å². The van der Waals surface area contributed by atoms with Crippen molar-refractivity contribution < 1.29 is 9.47 Å². The lowest BCUT2D eigenvalue weighted by molar-refractivity contribution is 0.201. The zero-order valence-electron chi connectivity index (χ0n) is 8.78. The minimum atomic E-state index is 0.0730. The van der Waals surface area contributed by atoms with Crippen LogP contribution in [0.1, 0.15) is 6.92 Å². The fourth-order valence-electron chi connectivity index (χ4n) is 1.14. The maximum Gasteiger partial charge on any atom is 0.257 e. The summed E-state index contributed by atoms with van der Waals surface area (Å²) in [6.45, 7) is 2.75. The summed E-state index contributed by atoms with van der Waals surface area (Å²) >= 11 is 0. The first-order valence-corrected chi connectivity index (χ1v) is 4.58. The predicted octanol–water partition coefficient (Wildman–Crippen LogP) is 1.08. The van der Waals surface area contributed by atoms with Crippen LogP contribution in [-0.2, 0) is 0 Å². The second-order valence-electron chi connectivity index (χ2n) is 3.00. The Bertz CT molecular complexity index is 279. The number of likely N-dealkylation sites (N-methyl/N-ethyl adjacent to an activating group) is 1. The maximum atomic E-state index is 5.58. The number of nitrogens with one attached hydrogen (secondary N) is 1. The Kier molecular flexibility index (Phi) is 4.19. The lowest BCUT2D eigenvalue weighted by Crippen LogP contribution is -2.26. The smallest absolute Gasteiger partial charge is 0.257 e. The Hall–Kier alpha value is -1.29. The van der Waals surface area contributed by atoms with E-state index in [0.29, 0.717) is 11.6 Å². The lowest BCUT2D eigenvalue weighted by Gasteiger charge is -2.14. The highest BCUT2D eigenvalue weighted by molar-refractivity contribution is 5.32. The molecule has 0 aromatic carbocycles. The van der Waals surface area contributed by atoms with E-state index in [-0.39, 0.29) is 6.10 Å². The normalized spacial score (nSPS) is 12.2. The first kappa shape index (κ1) is 10.8. The minimum absolute atomic E-state index is 0.0730. The van der Waals surface area contributed by atoms with Gasteiger partial charge in [-0.15, -0.1) is 0 Å². The second kappa shape index (κ2) is 5.44. The van der Waals surface area contributed by atoms with Crippen LogP contribution < -0.4 is 14.8 Å². The molecule has 0 aliphatic rings. The summed E-state index contributed by atoms with van der Waals surface area (Å²) in [6, 6.07) is 3.64. The van der Waals surface area contributed by atoms with Gasteiger partial charge in [0, 0.05) is 12.7 Å². The number of nitrogens with zero attached hydrogens (tertiary/aromatic N) is 1. The summed E-state index contributed by atoms with van der Waals surface area (Å²) in [7, 11) is 3.49. The molecule has 0 radical (unpaired) electrons. The summed E-state index contributed by atoms with van der Waals surface area (Å²) in [5.41, 5.74) is 0. The number of rotatable bonds is 5. The molecule has 1 N–H and O–H groups in total. The molecule has 1 unspecified atom stereocenters. The molecule has 1 heterocycles. The van der Waals surface area contributed by atoms with Crippen molar-refractivity contribution in [3.63, 3.8) is 0 Å². The van der Waals surface area contributed by atoms with E-state index in [4.69, 9.17) is 9.47 Å². The van der Waals surface area contributed by atoms with Crippen LogP contribution in [0.25, 0.3) is 0 Å². The van der Waals surface area contributed by atoms with E-state index in [1.807, 2.05) is 26.1 Å². The molecule has 1 rings (SSSR count). The molecule has 0 aliphatic heterocycles. The SMILES string of the molecule is CNCC(C)Oc1ncccc1OC. The lowest BCUT2D eigenvalue weighted by atomic mass is 10.4. The van der Waals surface area contributed by atoms with Crippen molar-refractivity contribution in [2.24, 2.45) is 0 Å². The third kappa shape index (κ3) is 2.88. The van der Waals surface area contributed by atoms with Crippen molar-refractivity contribution in [1.82, 2.24) is 10.3 Å². The van der Waals surface area contributed by atoms with Gasteiger partial charge in [0.1, 0.15) is 6.10 Å². The summed E-state index contributed by atoms with van der Waals surface area (Å²) in [6.07, 6.45) is 1.76. The largest absolute Gasteiger partial charge is 0.491 e. The van der Waals surface area contributed by atoms with Gasteiger partial charge in [0.25, 0.3) is 5.88 Å². The summed E-state index contributed by atoms with van der Waals surface area (Å²) in [5, 5.41) is 3.03. The number of aromatic nitrogens is 1. The summed E-state index contributed by atoms with van der Waals surface area (Å²) in [4.78, 5) is 4.10. The molecule has 0 saturated heterocycles. The molecule has 1 aromatic heterocycles. The van der Waals surface area contributed by atoms with Gasteiger partial charge in [0.15, 0.2) is 5.75 Å². The zero-order valence-corrected chi connectivity index (χ0v) is 8.78. The molecule has 1 aromatic rings. The average molecular weight is 196 g/mol. The van der Waals surface area contributed by atoms with Gasteiger partial charge in [-0.3, -0.25) is 0 Å². The predicted molar refractivity (Wildman–Crippen MR) is 54.8 cm³/mol. The number of methoxy groups -OCH3 is 1. The van der Waals surface area contributed by atoms with Crippen LogP contribution in [0.15, 0.2) is 18.3 Å². The first-order chi connectivity index (χ1) is 6.77. The monoisotopic (exact) mass is 196 g/mol. The molecule has 0 amide bonds. The number of pyridine rings is 1. The molecule has 78 valence electrons. The van der Waals surface area contributed by atoms with Crippen LogP contribution >= 0.6 is 0 Å². The Morgan fingerprint density at radius 2 is 2.36 bits per heavy atom. The number of hydrogen-bond donors (Lipinski definition) is 1. The topological polar surface area (TPSA) is 43.4 Å². The molecule has 14 heavy (non-hydrogen) atoms. The highest BCUT2D eigenvalue weighted by atomic mass is 16.5. The van der Waals surface area contributed by atoms with Crippen molar-refractivity contribution in [1.29, 1.82) is 0 Å². The van der Waals surface area contributed by atoms with Crippen LogP contribution in [-0.4, -0.2) is 31.8 Å². The van der Waals surface area contributed by atoms with Crippen molar-refractivity contribution in [2.75, 3.05) is 20.7 Å². The maximum absolute atomic E-state index is 5.58. The third-order valence-electron chi connectivity index (χ3n) is 1.76. The molecule has 0 bridgehead atoms. The first-order valence-electron chi connectivity index (χ1n) is 4.58. The second-order valence-corrected chi connectivity index (χ2v) is 3.00. The van der Waals surface area contributed by atoms with Gasteiger partial charge in [-0.25, -0.2) is 4.98 Å². The minimum Gasteiger partial charge on any atom is -0.491 e. The van der Waals surface area contributed by atoms with E-state index in [9.17, 15) is 0 Å². The standard InChI is InChI=1S/C10H16N2O2/c1-8(7-11-2)14-10-9(13-3)5-4-6-12-10/h4-6,8,11H,7H2,1-3H3. The molecule has 0 spiro atoms. The van der Waals surface area contributed by atoms with E-state index in [1.54, 1.807) is 13.3 Å². The van der Waals surface area contributed by atoms with Crippen LogP contribution in [0.4, 0.5) is 0 Å². The fraction of sp³-hybridized carbons (Fsp3) is 0.500. The zero-order chi connectivity index (χ0) is 10.4. The molecule has 0 fully saturated rings. The third-order valence-corrected chi connectivity index (χ3v) is 1.76. The van der Waals surface area contributed by atoms with Gasteiger partial charge in [-0.2, -0.15) is 0 Å². The summed E-state index contributed by atoms with van der Waals surface area (Å²) in [5.74, 6) is 1.20. The van der Waals surface area contributed by atoms with E-state index < -0.39 is 0 Å². The molecule has 0 saturated carbocycles. The van der Waals surface area contributed by atoms with Gasteiger partial charge >= 0.3 is 0 Å². The van der Waals surface area contributed by atoms with E-state index in [2.05, 4.69) is 10.3 Å². The van der Waals surface area contributed by atoms with Crippen molar-refractivity contribution >= 4 is 0 Å². The fourth-order valence-corrected chi connectivity index (χ4v) is 1.14. The highest BCUT2D eigenvalue weighted by Crippen LogP contribution is 2.23. The van der Waals surface area contributed by atoms with Crippen molar-refractivity contribution in [2.45, 2.75) is 13.0 Å². The molecule has 4 nitrogen and oxygen atoms in total. The molecule has 4 heteroatoms. The van der Waals surface area contributed by atoms with Crippen LogP contribution in [0, 0.1) is 0 Å². The van der Waals surface area contributed by atoms with Crippen molar-refractivity contribution in [3.8, 4) is 11.6 Å². The molecule has 0 aliphatic carbocycles. The number of hydrogen-bond acceptors (Lipinski definition) is 4. The summed E-state index contributed by atoms with van der Waals surface area (Å²) < 4.78 is 10.7. The average Bonchev–Trinajstić information content (AvgIpc) is 2.19. The van der Waals surface area contributed by atoms with Gasteiger partial charge < -0.3 is 14.8 Å². The quantitative estimate of drug-likeness (QED) is 0.765.